The quantitative estimate of drug-likeness (QED) is 0.614. The van der Waals surface area contributed by atoms with Gasteiger partial charge in [-0.2, -0.15) is 0 Å². The third-order valence-electron chi connectivity index (χ3n) is 3.22. The van der Waals surface area contributed by atoms with Gasteiger partial charge < -0.3 is 10.2 Å². The first kappa shape index (κ1) is 9.75. The summed E-state index contributed by atoms with van der Waals surface area (Å²) in [6.07, 6.45) is 2.22. The van der Waals surface area contributed by atoms with Crippen LogP contribution in [0.3, 0.4) is 0 Å². The van der Waals surface area contributed by atoms with E-state index in [2.05, 4.69) is 13.8 Å². The van der Waals surface area contributed by atoms with Crippen molar-refractivity contribution in [2.45, 2.75) is 33.3 Å². The molecule has 0 fully saturated rings. The van der Waals surface area contributed by atoms with Crippen LogP contribution in [0.5, 0.6) is 0 Å². The highest BCUT2D eigenvalue weighted by atomic mass is 16.3. The Bertz CT molecular complexity index is 194. The fraction of sp³-hybridized carbons (Fsp3) is 0.800. The Kier molecular flexibility index (Phi) is 2.59. The summed E-state index contributed by atoms with van der Waals surface area (Å²) < 4.78 is 0. The summed E-state index contributed by atoms with van der Waals surface area (Å²) in [6, 6.07) is 0. The predicted molar refractivity (Wildman–Crippen MR) is 48.7 cm³/mol. The minimum absolute atomic E-state index is 0.0438. The average molecular weight is 170 g/mol. The predicted octanol–water partition coefficient (Wildman–Crippen LogP) is 1.33. The highest BCUT2D eigenvalue weighted by Gasteiger charge is 2.39. The van der Waals surface area contributed by atoms with Crippen LogP contribution >= 0.6 is 0 Å². The van der Waals surface area contributed by atoms with E-state index in [1.54, 1.807) is 0 Å². The molecule has 70 valence electrons. The minimum atomic E-state index is -0.368. The zero-order chi connectivity index (χ0) is 9.35. The van der Waals surface area contributed by atoms with Crippen molar-refractivity contribution in [1.82, 2.24) is 0 Å². The van der Waals surface area contributed by atoms with Crippen LogP contribution in [0.25, 0.3) is 0 Å². The highest BCUT2D eigenvalue weighted by molar-refractivity contribution is 5.22. The number of hydrogen-bond acceptors (Lipinski definition) is 2. The average Bonchev–Trinajstić information content (AvgIpc) is 2.14. The van der Waals surface area contributed by atoms with Gasteiger partial charge in [-0.3, -0.25) is 0 Å². The van der Waals surface area contributed by atoms with Crippen LogP contribution in [0, 0.1) is 11.3 Å². The second-order valence-electron chi connectivity index (χ2n) is 4.18. The van der Waals surface area contributed by atoms with Crippen molar-refractivity contribution in [1.29, 1.82) is 0 Å². The Morgan fingerprint density at radius 2 is 2.08 bits per heavy atom. The zero-order valence-corrected chi connectivity index (χ0v) is 8.04. The molecule has 0 amide bonds. The Balaban J connectivity index is 2.77. The summed E-state index contributed by atoms with van der Waals surface area (Å²) in [7, 11) is 0. The fourth-order valence-electron chi connectivity index (χ4n) is 1.98. The fourth-order valence-corrected chi connectivity index (χ4v) is 1.98. The molecule has 0 saturated carbocycles. The summed E-state index contributed by atoms with van der Waals surface area (Å²) in [5.74, 6) is 0.183. The first-order valence-electron chi connectivity index (χ1n) is 4.48. The topological polar surface area (TPSA) is 40.5 Å². The molecule has 2 heteroatoms. The van der Waals surface area contributed by atoms with E-state index in [1.165, 1.54) is 5.57 Å². The Morgan fingerprint density at radius 3 is 2.42 bits per heavy atom. The summed E-state index contributed by atoms with van der Waals surface area (Å²) in [5.41, 5.74) is 1.27. The first-order valence-corrected chi connectivity index (χ1v) is 4.48. The SMILES string of the molecule is CC1=CC(O)C(CCO)C1(C)C. The van der Waals surface area contributed by atoms with Crippen LogP contribution < -0.4 is 0 Å². The molecule has 2 unspecified atom stereocenters. The molecule has 2 N–H and O–H groups in total. The van der Waals surface area contributed by atoms with Crippen LogP contribution in [0.4, 0.5) is 0 Å². The lowest BCUT2D eigenvalue weighted by Crippen LogP contribution is -2.28. The summed E-state index contributed by atoms with van der Waals surface area (Å²) in [5, 5.41) is 18.5. The van der Waals surface area contributed by atoms with Crippen LogP contribution in [0.15, 0.2) is 11.6 Å². The van der Waals surface area contributed by atoms with Crippen molar-refractivity contribution >= 4 is 0 Å². The van der Waals surface area contributed by atoms with E-state index in [0.29, 0.717) is 6.42 Å². The monoisotopic (exact) mass is 170 g/mol. The van der Waals surface area contributed by atoms with Gasteiger partial charge in [0, 0.05) is 6.61 Å². The zero-order valence-electron chi connectivity index (χ0n) is 8.04. The van der Waals surface area contributed by atoms with Gasteiger partial charge in [-0.1, -0.05) is 25.5 Å². The van der Waals surface area contributed by atoms with Crippen molar-refractivity contribution in [3.63, 3.8) is 0 Å². The van der Waals surface area contributed by atoms with Crippen LogP contribution in [-0.4, -0.2) is 22.9 Å². The number of hydrogen-bond donors (Lipinski definition) is 2. The van der Waals surface area contributed by atoms with Crippen molar-refractivity contribution in [2.24, 2.45) is 11.3 Å². The van der Waals surface area contributed by atoms with Gasteiger partial charge >= 0.3 is 0 Å². The molecular formula is C10H18O2. The second-order valence-corrected chi connectivity index (χ2v) is 4.18. The van der Waals surface area contributed by atoms with Crippen molar-refractivity contribution < 1.29 is 10.2 Å². The lowest BCUT2D eigenvalue weighted by molar-refractivity contribution is 0.0848. The van der Waals surface area contributed by atoms with Gasteiger partial charge in [0.25, 0.3) is 0 Å². The van der Waals surface area contributed by atoms with Crippen LogP contribution in [-0.2, 0) is 0 Å². The second kappa shape index (κ2) is 3.19. The largest absolute Gasteiger partial charge is 0.396 e. The van der Waals surface area contributed by atoms with Crippen LogP contribution in [0.2, 0.25) is 0 Å². The van der Waals surface area contributed by atoms with Gasteiger partial charge in [0.2, 0.25) is 0 Å². The molecule has 0 bridgehead atoms. The first-order chi connectivity index (χ1) is 5.50. The van der Waals surface area contributed by atoms with E-state index < -0.39 is 0 Å². The maximum absolute atomic E-state index is 9.64. The molecule has 2 nitrogen and oxygen atoms in total. The molecule has 1 aliphatic rings. The van der Waals surface area contributed by atoms with E-state index in [0.717, 1.165) is 0 Å². The van der Waals surface area contributed by atoms with Gasteiger partial charge in [0.1, 0.15) is 0 Å². The van der Waals surface area contributed by atoms with Crippen molar-refractivity contribution in [3.8, 4) is 0 Å². The maximum atomic E-state index is 9.64. The number of rotatable bonds is 2. The molecule has 0 aromatic heterocycles. The number of aliphatic hydroxyl groups excluding tert-OH is 2. The maximum Gasteiger partial charge on any atom is 0.0760 e. The minimum Gasteiger partial charge on any atom is -0.396 e. The van der Waals surface area contributed by atoms with Gasteiger partial charge in [-0.15, -0.1) is 0 Å². The van der Waals surface area contributed by atoms with Gasteiger partial charge in [-0.05, 0) is 24.7 Å². The Hall–Kier alpha value is -0.340. The molecule has 0 saturated heterocycles. The van der Waals surface area contributed by atoms with Gasteiger partial charge in [0.05, 0.1) is 6.10 Å². The van der Waals surface area contributed by atoms with Gasteiger partial charge in [-0.25, -0.2) is 0 Å². The molecule has 0 heterocycles. The highest BCUT2D eigenvalue weighted by Crippen LogP contribution is 2.44. The number of allylic oxidation sites excluding steroid dienone is 1. The Morgan fingerprint density at radius 1 is 1.50 bits per heavy atom. The molecule has 12 heavy (non-hydrogen) atoms. The third kappa shape index (κ3) is 1.41. The van der Waals surface area contributed by atoms with E-state index >= 15 is 0 Å². The Labute approximate surface area is 73.9 Å². The van der Waals surface area contributed by atoms with E-state index in [1.807, 2.05) is 13.0 Å². The molecule has 1 aliphatic carbocycles. The molecule has 0 aliphatic heterocycles. The molecule has 2 atom stereocenters. The molecule has 0 radical (unpaired) electrons. The van der Waals surface area contributed by atoms with E-state index in [9.17, 15) is 5.11 Å². The van der Waals surface area contributed by atoms with Crippen molar-refractivity contribution in [3.05, 3.63) is 11.6 Å². The van der Waals surface area contributed by atoms with Gasteiger partial charge in [0.15, 0.2) is 0 Å². The lowest BCUT2D eigenvalue weighted by atomic mass is 9.75. The summed E-state index contributed by atoms with van der Waals surface area (Å²) >= 11 is 0. The normalized spacial score (nSPS) is 33.6. The molecule has 1 rings (SSSR count). The summed E-state index contributed by atoms with van der Waals surface area (Å²) in [6.45, 7) is 6.44. The lowest BCUT2D eigenvalue weighted by Gasteiger charge is -2.30. The molecular weight excluding hydrogens is 152 g/mol. The summed E-state index contributed by atoms with van der Waals surface area (Å²) in [4.78, 5) is 0. The van der Waals surface area contributed by atoms with E-state index in [-0.39, 0.29) is 24.0 Å². The number of aliphatic hydroxyl groups is 2. The molecule has 0 aromatic carbocycles. The smallest absolute Gasteiger partial charge is 0.0760 e. The molecule has 0 spiro atoms. The molecule has 0 aromatic rings. The standard InChI is InChI=1S/C10H18O2/c1-7-6-9(12)8(4-5-11)10(7,2)3/h6,8-9,11-12H,4-5H2,1-3H3. The van der Waals surface area contributed by atoms with Crippen LogP contribution in [0.1, 0.15) is 27.2 Å². The van der Waals surface area contributed by atoms with Crippen molar-refractivity contribution in [2.75, 3.05) is 6.61 Å². The third-order valence-corrected chi connectivity index (χ3v) is 3.22. The van der Waals surface area contributed by atoms with E-state index in [4.69, 9.17) is 5.11 Å².